The van der Waals surface area contributed by atoms with Crippen LogP contribution in [-0.4, -0.2) is 48.3 Å². The van der Waals surface area contributed by atoms with Gasteiger partial charge in [-0.2, -0.15) is 0 Å². The first-order chi connectivity index (χ1) is 13.0. The molecule has 2 unspecified atom stereocenters. The molecule has 2 saturated heterocycles. The second kappa shape index (κ2) is 9.42. The lowest BCUT2D eigenvalue weighted by Crippen LogP contribution is -2.38. The van der Waals surface area contributed by atoms with E-state index in [4.69, 9.17) is 27.4 Å². The van der Waals surface area contributed by atoms with Crippen LogP contribution < -0.4 is 5.73 Å². The minimum absolute atomic E-state index is 0.0606. The van der Waals surface area contributed by atoms with Crippen molar-refractivity contribution in [1.29, 1.82) is 0 Å². The van der Waals surface area contributed by atoms with Gasteiger partial charge in [-0.05, 0) is 48.7 Å². The van der Waals surface area contributed by atoms with Crippen molar-refractivity contribution in [3.63, 3.8) is 0 Å². The summed E-state index contributed by atoms with van der Waals surface area (Å²) in [7, 11) is 0. The lowest BCUT2D eigenvalue weighted by atomic mass is 9.74. The minimum Gasteiger partial charge on any atom is -0.465 e. The van der Waals surface area contributed by atoms with E-state index in [1.807, 2.05) is 0 Å². The number of rotatable bonds is 10. The molecule has 0 aliphatic carbocycles. The molecule has 0 aromatic carbocycles. The number of hydrogen-bond donors (Lipinski definition) is 1. The molecule has 28 heavy (non-hydrogen) atoms. The number of cyclic esters (lactones) is 2. The van der Waals surface area contributed by atoms with Gasteiger partial charge in [-0.1, -0.05) is 27.7 Å². The number of carbonyl (C=O) groups excluding carboxylic acids is 2. The molecule has 7 heteroatoms. The van der Waals surface area contributed by atoms with Crippen LogP contribution in [0, 0.1) is 22.7 Å². The Morgan fingerprint density at radius 1 is 0.964 bits per heavy atom. The van der Waals surface area contributed by atoms with E-state index in [1.54, 1.807) is 0 Å². The van der Waals surface area contributed by atoms with E-state index < -0.39 is 0 Å². The van der Waals surface area contributed by atoms with Crippen molar-refractivity contribution in [1.82, 2.24) is 4.90 Å². The molecule has 2 aliphatic heterocycles. The van der Waals surface area contributed by atoms with Gasteiger partial charge in [0.05, 0.1) is 26.1 Å². The molecule has 6 nitrogen and oxygen atoms in total. The summed E-state index contributed by atoms with van der Waals surface area (Å²) in [4.78, 5) is 24.9. The summed E-state index contributed by atoms with van der Waals surface area (Å²) in [6.07, 6.45) is 5.00. The average Bonchev–Trinajstić information content (AvgIpc) is 3.22. The van der Waals surface area contributed by atoms with E-state index in [1.165, 1.54) is 0 Å². The maximum atomic E-state index is 11.4. The van der Waals surface area contributed by atoms with Gasteiger partial charge in [0.15, 0.2) is 5.11 Å². The van der Waals surface area contributed by atoms with Crippen molar-refractivity contribution in [2.45, 2.75) is 66.2 Å². The zero-order valence-electron chi connectivity index (χ0n) is 17.8. The summed E-state index contributed by atoms with van der Waals surface area (Å²) in [5, 5.41) is 0.439. The molecule has 160 valence electrons. The van der Waals surface area contributed by atoms with Crippen LogP contribution in [0.4, 0.5) is 0 Å². The Hall–Kier alpha value is -1.37. The zero-order valence-corrected chi connectivity index (χ0v) is 18.6. The van der Waals surface area contributed by atoms with Crippen molar-refractivity contribution >= 4 is 29.3 Å². The standard InChI is InChI=1S/C21H36N2O4S/c1-20(2,15-11-17(24)26-13-15)7-5-9-23(19(22)28)10-6-8-21(3,4)16-12-18(25)27-14-16/h15-16H,5-14H2,1-4H3,(H2,22,28). The van der Waals surface area contributed by atoms with E-state index in [0.717, 1.165) is 38.8 Å². The van der Waals surface area contributed by atoms with Gasteiger partial charge < -0.3 is 20.1 Å². The van der Waals surface area contributed by atoms with Crippen LogP contribution >= 0.6 is 12.2 Å². The second-order valence-electron chi connectivity index (χ2n) is 9.68. The molecule has 0 bridgehead atoms. The molecule has 2 rings (SSSR count). The Kier molecular flexibility index (Phi) is 7.71. The van der Waals surface area contributed by atoms with Crippen LogP contribution in [0.2, 0.25) is 0 Å². The fraction of sp³-hybridized carbons (Fsp3) is 0.857. The molecule has 0 spiro atoms. The predicted octanol–water partition coefficient (Wildman–Crippen LogP) is 3.27. The molecule has 0 aromatic rings. The van der Waals surface area contributed by atoms with E-state index in [2.05, 4.69) is 32.6 Å². The number of hydrogen-bond acceptors (Lipinski definition) is 5. The Morgan fingerprint density at radius 2 is 1.36 bits per heavy atom. The second-order valence-corrected chi connectivity index (χ2v) is 10.1. The normalized spacial score (nSPS) is 22.9. The molecule has 0 amide bonds. The molecular formula is C21H36N2O4S. The van der Waals surface area contributed by atoms with Crippen LogP contribution in [0.25, 0.3) is 0 Å². The van der Waals surface area contributed by atoms with Crippen molar-refractivity contribution in [2.75, 3.05) is 26.3 Å². The van der Waals surface area contributed by atoms with Crippen molar-refractivity contribution in [2.24, 2.45) is 28.4 Å². The number of nitrogens with two attached hydrogens (primary N) is 1. The summed E-state index contributed by atoms with van der Waals surface area (Å²) >= 11 is 5.25. The van der Waals surface area contributed by atoms with E-state index in [9.17, 15) is 9.59 Å². The third kappa shape index (κ3) is 6.33. The highest BCUT2D eigenvalue weighted by Crippen LogP contribution is 2.38. The highest BCUT2D eigenvalue weighted by Gasteiger charge is 2.37. The largest absolute Gasteiger partial charge is 0.465 e. The van der Waals surface area contributed by atoms with Crippen molar-refractivity contribution in [3.8, 4) is 0 Å². The SMILES string of the molecule is CC(C)(CCCN(CCCC(C)(C)C1COC(=O)C1)C(N)=S)C1COC(=O)C1. The summed E-state index contributed by atoms with van der Waals surface area (Å²) in [5.74, 6) is 0.408. The summed E-state index contributed by atoms with van der Waals surface area (Å²) < 4.78 is 10.3. The van der Waals surface area contributed by atoms with Gasteiger partial charge in [-0.3, -0.25) is 9.59 Å². The molecule has 0 aromatic heterocycles. The lowest BCUT2D eigenvalue weighted by molar-refractivity contribution is -0.138. The topological polar surface area (TPSA) is 81.9 Å². The highest BCUT2D eigenvalue weighted by atomic mass is 32.1. The summed E-state index contributed by atoms with van der Waals surface area (Å²) in [6.45, 7) is 11.5. The smallest absolute Gasteiger partial charge is 0.306 e. The Morgan fingerprint density at radius 3 is 1.64 bits per heavy atom. The average molecular weight is 413 g/mol. The van der Waals surface area contributed by atoms with Gasteiger partial charge in [0, 0.05) is 24.9 Å². The molecule has 2 heterocycles. The fourth-order valence-corrected chi connectivity index (χ4v) is 4.40. The zero-order chi connectivity index (χ0) is 20.9. The van der Waals surface area contributed by atoms with Crippen molar-refractivity contribution in [3.05, 3.63) is 0 Å². The van der Waals surface area contributed by atoms with E-state index in [-0.39, 0.29) is 34.6 Å². The van der Waals surface area contributed by atoms with Crippen molar-refractivity contribution < 1.29 is 19.1 Å². The van der Waals surface area contributed by atoms with Gasteiger partial charge in [-0.15, -0.1) is 0 Å². The molecule has 0 saturated carbocycles. The first-order valence-electron chi connectivity index (χ1n) is 10.4. The van der Waals surface area contributed by atoms with E-state index >= 15 is 0 Å². The first kappa shape index (κ1) is 22.9. The predicted molar refractivity (Wildman–Crippen MR) is 113 cm³/mol. The molecule has 2 aliphatic rings. The lowest BCUT2D eigenvalue weighted by Gasteiger charge is -2.33. The van der Waals surface area contributed by atoms with Gasteiger partial charge in [0.25, 0.3) is 0 Å². The van der Waals surface area contributed by atoms with Crippen LogP contribution in [0.5, 0.6) is 0 Å². The van der Waals surface area contributed by atoms with Gasteiger partial charge in [0.2, 0.25) is 0 Å². The van der Waals surface area contributed by atoms with Gasteiger partial charge in [-0.25, -0.2) is 0 Å². The number of esters is 2. The maximum absolute atomic E-state index is 11.4. The highest BCUT2D eigenvalue weighted by molar-refractivity contribution is 7.80. The molecule has 2 N–H and O–H groups in total. The monoisotopic (exact) mass is 412 g/mol. The maximum Gasteiger partial charge on any atom is 0.306 e. The first-order valence-corrected chi connectivity index (χ1v) is 10.8. The van der Waals surface area contributed by atoms with Gasteiger partial charge in [0.1, 0.15) is 0 Å². The van der Waals surface area contributed by atoms with Crippen LogP contribution in [0.1, 0.15) is 66.2 Å². The third-order valence-electron chi connectivity index (χ3n) is 6.74. The number of nitrogens with zero attached hydrogens (tertiary/aromatic N) is 1. The fourth-order valence-electron chi connectivity index (χ4n) is 4.22. The summed E-state index contributed by atoms with van der Waals surface area (Å²) in [5.41, 5.74) is 6.07. The quantitative estimate of drug-likeness (QED) is 0.435. The Labute approximate surface area is 174 Å². The van der Waals surface area contributed by atoms with Crippen LogP contribution in [0.15, 0.2) is 0 Å². The summed E-state index contributed by atoms with van der Waals surface area (Å²) in [6, 6.07) is 0. The van der Waals surface area contributed by atoms with E-state index in [0.29, 0.717) is 31.2 Å². The molecule has 0 radical (unpaired) electrons. The van der Waals surface area contributed by atoms with Crippen LogP contribution in [-0.2, 0) is 19.1 Å². The Balaban J connectivity index is 1.74. The number of carbonyl (C=O) groups is 2. The van der Waals surface area contributed by atoms with Crippen LogP contribution in [0.3, 0.4) is 0 Å². The Bertz CT molecular complexity index is 547. The third-order valence-corrected chi connectivity index (χ3v) is 7.00. The minimum atomic E-state index is -0.0835. The number of ether oxygens (including phenoxy) is 2. The number of thiocarbonyl (C=S) groups is 1. The molecule has 2 fully saturated rings. The molecular weight excluding hydrogens is 376 g/mol. The molecule has 2 atom stereocenters. The van der Waals surface area contributed by atoms with Gasteiger partial charge >= 0.3 is 11.9 Å².